The molecule has 0 aromatic heterocycles. The van der Waals surface area contributed by atoms with Gasteiger partial charge in [0.2, 0.25) is 0 Å². The SMILES string of the molecule is CCCCOC(=O)C(C)c1ccc(CN)cc1. The second-order valence-electron chi connectivity index (χ2n) is 4.19. The van der Waals surface area contributed by atoms with Crippen LogP contribution in [0.15, 0.2) is 24.3 Å². The van der Waals surface area contributed by atoms with Crippen LogP contribution < -0.4 is 5.73 Å². The van der Waals surface area contributed by atoms with Crippen LogP contribution in [0, 0.1) is 0 Å². The van der Waals surface area contributed by atoms with Crippen molar-refractivity contribution >= 4 is 5.97 Å². The van der Waals surface area contributed by atoms with Crippen molar-refractivity contribution < 1.29 is 9.53 Å². The third-order valence-corrected chi connectivity index (χ3v) is 2.81. The fraction of sp³-hybridized carbons (Fsp3) is 0.500. The third kappa shape index (κ3) is 4.19. The molecule has 1 unspecified atom stereocenters. The van der Waals surface area contributed by atoms with Crippen LogP contribution in [0.2, 0.25) is 0 Å². The lowest BCUT2D eigenvalue weighted by molar-refractivity contribution is -0.145. The van der Waals surface area contributed by atoms with Crippen molar-refractivity contribution in [2.24, 2.45) is 5.73 Å². The molecule has 17 heavy (non-hydrogen) atoms. The molecule has 0 aliphatic heterocycles. The Balaban J connectivity index is 2.55. The van der Waals surface area contributed by atoms with E-state index in [0.29, 0.717) is 13.2 Å². The van der Waals surface area contributed by atoms with Crippen LogP contribution in [-0.2, 0) is 16.1 Å². The van der Waals surface area contributed by atoms with Crippen LogP contribution in [0.3, 0.4) is 0 Å². The molecule has 0 heterocycles. The summed E-state index contributed by atoms with van der Waals surface area (Å²) in [6, 6.07) is 7.78. The highest BCUT2D eigenvalue weighted by atomic mass is 16.5. The van der Waals surface area contributed by atoms with E-state index in [1.54, 1.807) is 0 Å². The Morgan fingerprint density at radius 3 is 2.53 bits per heavy atom. The summed E-state index contributed by atoms with van der Waals surface area (Å²) in [7, 11) is 0. The van der Waals surface area contributed by atoms with Crippen molar-refractivity contribution in [1.29, 1.82) is 0 Å². The molecule has 0 saturated carbocycles. The predicted octanol–water partition coefficient (Wildman–Crippen LogP) is 2.59. The van der Waals surface area contributed by atoms with Crippen molar-refractivity contribution in [1.82, 2.24) is 0 Å². The number of carbonyl (C=O) groups excluding carboxylic acids is 1. The van der Waals surface area contributed by atoms with E-state index in [9.17, 15) is 4.79 Å². The van der Waals surface area contributed by atoms with Gasteiger partial charge in [0.25, 0.3) is 0 Å². The number of nitrogens with two attached hydrogens (primary N) is 1. The zero-order chi connectivity index (χ0) is 12.7. The number of carbonyl (C=O) groups is 1. The molecule has 3 nitrogen and oxygen atoms in total. The average molecular weight is 235 g/mol. The first-order valence-corrected chi connectivity index (χ1v) is 6.14. The van der Waals surface area contributed by atoms with Gasteiger partial charge in [-0.15, -0.1) is 0 Å². The number of rotatable bonds is 6. The Hall–Kier alpha value is -1.35. The van der Waals surface area contributed by atoms with Gasteiger partial charge in [-0.1, -0.05) is 37.6 Å². The van der Waals surface area contributed by atoms with E-state index in [2.05, 4.69) is 6.92 Å². The summed E-state index contributed by atoms with van der Waals surface area (Å²) in [5.74, 6) is -0.363. The number of ether oxygens (including phenoxy) is 1. The van der Waals surface area contributed by atoms with Crippen LogP contribution in [0.5, 0.6) is 0 Å². The highest BCUT2D eigenvalue weighted by molar-refractivity contribution is 5.77. The summed E-state index contributed by atoms with van der Waals surface area (Å²) in [6.45, 7) is 4.98. The molecular weight excluding hydrogens is 214 g/mol. The second kappa shape index (κ2) is 7.07. The van der Waals surface area contributed by atoms with Crippen molar-refractivity contribution in [2.45, 2.75) is 39.2 Å². The Labute approximate surface area is 103 Å². The summed E-state index contributed by atoms with van der Waals surface area (Å²) >= 11 is 0. The predicted molar refractivity (Wildman–Crippen MR) is 68.6 cm³/mol. The van der Waals surface area contributed by atoms with Crippen LogP contribution in [0.25, 0.3) is 0 Å². The molecule has 0 bridgehead atoms. The minimum atomic E-state index is -0.210. The summed E-state index contributed by atoms with van der Waals surface area (Å²) in [5, 5.41) is 0. The lowest BCUT2D eigenvalue weighted by Gasteiger charge is -2.12. The lowest BCUT2D eigenvalue weighted by atomic mass is 10.00. The largest absolute Gasteiger partial charge is 0.465 e. The molecule has 0 spiro atoms. The molecule has 0 radical (unpaired) electrons. The van der Waals surface area contributed by atoms with E-state index in [1.165, 1.54) is 0 Å². The van der Waals surface area contributed by atoms with Gasteiger partial charge in [0.1, 0.15) is 0 Å². The highest BCUT2D eigenvalue weighted by Gasteiger charge is 2.16. The summed E-state index contributed by atoms with van der Waals surface area (Å²) in [4.78, 5) is 11.7. The lowest BCUT2D eigenvalue weighted by Crippen LogP contribution is -2.14. The Kier molecular flexibility index (Phi) is 5.70. The van der Waals surface area contributed by atoms with Gasteiger partial charge in [0.15, 0.2) is 0 Å². The molecule has 1 aromatic rings. The monoisotopic (exact) mass is 235 g/mol. The molecule has 0 amide bonds. The number of hydrogen-bond acceptors (Lipinski definition) is 3. The van der Waals surface area contributed by atoms with E-state index in [4.69, 9.17) is 10.5 Å². The molecule has 0 saturated heterocycles. The molecule has 0 aliphatic rings. The fourth-order valence-corrected chi connectivity index (χ4v) is 1.52. The van der Waals surface area contributed by atoms with Crippen LogP contribution in [-0.4, -0.2) is 12.6 Å². The Bertz CT molecular complexity index is 346. The normalized spacial score (nSPS) is 12.2. The molecule has 0 fully saturated rings. The minimum Gasteiger partial charge on any atom is -0.465 e. The molecule has 1 atom stereocenters. The molecule has 2 N–H and O–H groups in total. The first-order valence-electron chi connectivity index (χ1n) is 6.14. The molecule has 0 aliphatic carbocycles. The number of unbranched alkanes of at least 4 members (excludes halogenated alkanes) is 1. The molecule has 94 valence electrons. The van der Waals surface area contributed by atoms with E-state index in [0.717, 1.165) is 24.0 Å². The van der Waals surface area contributed by atoms with Crippen LogP contribution in [0.1, 0.15) is 43.7 Å². The highest BCUT2D eigenvalue weighted by Crippen LogP contribution is 2.17. The van der Waals surface area contributed by atoms with Crippen LogP contribution >= 0.6 is 0 Å². The van der Waals surface area contributed by atoms with E-state index >= 15 is 0 Å². The summed E-state index contributed by atoms with van der Waals surface area (Å²) < 4.78 is 5.19. The maximum atomic E-state index is 11.7. The average Bonchev–Trinajstić information content (AvgIpc) is 2.38. The second-order valence-corrected chi connectivity index (χ2v) is 4.19. The van der Waals surface area contributed by atoms with E-state index in [1.807, 2.05) is 31.2 Å². The summed E-state index contributed by atoms with van der Waals surface area (Å²) in [6.07, 6.45) is 1.96. The maximum absolute atomic E-state index is 11.7. The zero-order valence-electron chi connectivity index (χ0n) is 10.6. The Morgan fingerprint density at radius 1 is 1.35 bits per heavy atom. The molecule has 1 aromatic carbocycles. The Morgan fingerprint density at radius 2 is 2.00 bits per heavy atom. The number of benzene rings is 1. The fourth-order valence-electron chi connectivity index (χ4n) is 1.52. The minimum absolute atomic E-state index is 0.154. The van der Waals surface area contributed by atoms with Gasteiger partial charge in [-0.05, 0) is 24.5 Å². The van der Waals surface area contributed by atoms with Gasteiger partial charge >= 0.3 is 5.97 Å². The van der Waals surface area contributed by atoms with Gasteiger partial charge in [0, 0.05) is 6.54 Å². The first-order chi connectivity index (χ1) is 8.19. The molecule has 3 heteroatoms. The number of esters is 1. The van der Waals surface area contributed by atoms with Crippen molar-refractivity contribution in [3.05, 3.63) is 35.4 Å². The van der Waals surface area contributed by atoms with Gasteiger partial charge in [-0.3, -0.25) is 4.79 Å². The smallest absolute Gasteiger partial charge is 0.313 e. The maximum Gasteiger partial charge on any atom is 0.313 e. The summed E-state index contributed by atoms with van der Waals surface area (Å²) in [5.41, 5.74) is 7.57. The first kappa shape index (κ1) is 13.7. The number of hydrogen-bond donors (Lipinski definition) is 1. The van der Waals surface area contributed by atoms with Crippen molar-refractivity contribution in [2.75, 3.05) is 6.61 Å². The van der Waals surface area contributed by atoms with Gasteiger partial charge < -0.3 is 10.5 Å². The molecule has 1 rings (SSSR count). The van der Waals surface area contributed by atoms with Gasteiger partial charge in [0.05, 0.1) is 12.5 Å². The zero-order valence-corrected chi connectivity index (χ0v) is 10.6. The van der Waals surface area contributed by atoms with E-state index < -0.39 is 0 Å². The van der Waals surface area contributed by atoms with Crippen molar-refractivity contribution in [3.63, 3.8) is 0 Å². The standard InChI is InChI=1S/C14H21NO2/c1-3-4-9-17-14(16)11(2)13-7-5-12(10-15)6-8-13/h5-8,11H,3-4,9-10,15H2,1-2H3. The third-order valence-electron chi connectivity index (χ3n) is 2.81. The quantitative estimate of drug-likeness (QED) is 0.609. The van der Waals surface area contributed by atoms with E-state index in [-0.39, 0.29) is 11.9 Å². The topological polar surface area (TPSA) is 52.3 Å². The van der Waals surface area contributed by atoms with Gasteiger partial charge in [-0.25, -0.2) is 0 Å². The molecular formula is C14H21NO2. The van der Waals surface area contributed by atoms with Gasteiger partial charge in [-0.2, -0.15) is 0 Å². The van der Waals surface area contributed by atoms with Crippen molar-refractivity contribution in [3.8, 4) is 0 Å². The van der Waals surface area contributed by atoms with Crippen LogP contribution in [0.4, 0.5) is 0 Å².